The highest BCUT2D eigenvalue weighted by molar-refractivity contribution is 5.71. The van der Waals surface area contributed by atoms with E-state index in [1.54, 1.807) is 36.1 Å². The molecule has 3 aromatic rings. The number of phenolic OH excluding ortho intramolecular Hbond substituents is 1. The average molecular weight is 397 g/mol. The molecule has 0 aliphatic rings. The molecule has 29 heavy (non-hydrogen) atoms. The number of hydrogen-bond acceptors (Lipinski definition) is 6. The number of imidazole rings is 1. The van der Waals surface area contributed by atoms with E-state index in [1.165, 1.54) is 25.3 Å². The van der Waals surface area contributed by atoms with E-state index in [0.29, 0.717) is 24.2 Å². The van der Waals surface area contributed by atoms with Gasteiger partial charge >= 0.3 is 5.97 Å². The molecule has 0 fully saturated rings. The van der Waals surface area contributed by atoms with Crippen molar-refractivity contribution in [1.82, 2.24) is 14.5 Å². The van der Waals surface area contributed by atoms with Crippen LogP contribution in [0.5, 0.6) is 11.5 Å². The van der Waals surface area contributed by atoms with Gasteiger partial charge in [-0.15, -0.1) is 0 Å². The van der Waals surface area contributed by atoms with Crippen LogP contribution >= 0.6 is 0 Å². The zero-order chi connectivity index (χ0) is 21.0. The first-order chi connectivity index (χ1) is 13.9. The average Bonchev–Trinajstić information content (AvgIpc) is 3.20. The number of H-pyrrole nitrogens is 1. The topological polar surface area (TPSA) is 117 Å². The molecule has 0 aliphatic heterocycles. The minimum Gasteiger partial charge on any atom is -0.508 e. The number of aromatic nitrogens is 3. The number of aryl methyl sites for hydroxylation is 2. The van der Waals surface area contributed by atoms with Crippen molar-refractivity contribution in [3.8, 4) is 11.5 Å². The van der Waals surface area contributed by atoms with Crippen molar-refractivity contribution in [2.45, 2.75) is 32.2 Å². The third-order valence-electron chi connectivity index (χ3n) is 4.90. The van der Waals surface area contributed by atoms with Crippen molar-refractivity contribution in [2.24, 2.45) is 0 Å². The van der Waals surface area contributed by atoms with Crippen LogP contribution in [0.4, 0.5) is 0 Å². The van der Waals surface area contributed by atoms with Crippen LogP contribution in [0, 0.1) is 6.92 Å². The summed E-state index contributed by atoms with van der Waals surface area (Å²) in [6.07, 6.45) is 3.67. The van der Waals surface area contributed by atoms with E-state index >= 15 is 0 Å². The van der Waals surface area contributed by atoms with Crippen molar-refractivity contribution in [2.75, 3.05) is 7.11 Å². The Morgan fingerprint density at radius 1 is 1.31 bits per heavy atom. The van der Waals surface area contributed by atoms with Crippen molar-refractivity contribution in [3.05, 3.63) is 75.7 Å². The minimum atomic E-state index is -0.763. The summed E-state index contributed by atoms with van der Waals surface area (Å²) < 4.78 is 6.34. The smallest absolute Gasteiger partial charge is 0.306 e. The molecule has 0 radical (unpaired) electrons. The van der Waals surface area contributed by atoms with Gasteiger partial charge in [-0.1, -0.05) is 12.1 Å². The molecule has 0 aliphatic carbocycles. The number of carbonyl (C=O) groups is 1. The second kappa shape index (κ2) is 8.64. The number of aromatic amines is 1. The van der Waals surface area contributed by atoms with Gasteiger partial charge in [0.2, 0.25) is 0 Å². The Balaban J connectivity index is 2.07. The van der Waals surface area contributed by atoms with Crippen molar-refractivity contribution < 1.29 is 19.7 Å². The Bertz CT molecular complexity index is 1060. The van der Waals surface area contributed by atoms with Gasteiger partial charge in [-0.3, -0.25) is 9.59 Å². The number of nitrogens with one attached hydrogen (secondary N) is 1. The van der Waals surface area contributed by atoms with Crippen LogP contribution in [0.1, 0.15) is 34.9 Å². The first-order valence-electron chi connectivity index (χ1n) is 9.17. The molecule has 0 saturated carbocycles. The molecule has 1 aromatic carbocycles. The normalized spacial score (nSPS) is 11.9. The van der Waals surface area contributed by atoms with Gasteiger partial charge in [0, 0.05) is 36.5 Å². The standard InChI is InChI=1S/C21H23N3O5/c1-13-8-18(26)20(21(28)24(13)7-6-15-11-22-12-23-15)17(10-19(27)29-2)14-4-3-5-16(25)9-14/h3-5,8-9,11-12,17,25-26H,6-7,10H2,1-2H3,(H,22,23). The minimum absolute atomic E-state index is 0.00328. The van der Waals surface area contributed by atoms with Crippen molar-refractivity contribution in [3.63, 3.8) is 0 Å². The summed E-state index contributed by atoms with van der Waals surface area (Å²) in [7, 11) is 1.26. The van der Waals surface area contributed by atoms with Crippen molar-refractivity contribution >= 4 is 5.97 Å². The second-order valence-corrected chi connectivity index (χ2v) is 6.80. The van der Waals surface area contributed by atoms with Crippen LogP contribution in [-0.2, 0) is 22.5 Å². The Morgan fingerprint density at radius 2 is 2.10 bits per heavy atom. The van der Waals surface area contributed by atoms with Crippen LogP contribution in [0.15, 0.2) is 47.7 Å². The third kappa shape index (κ3) is 4.48. The number of methoxy groups -OCH3 is 1. The van der Waals surface area contributed by atoms with E-state index < -0.39 is 11.9 Å². The molecule has 8 nitrogen and oxygen atoms in total. The molecule has 1 atom stereocenters. The quantitative estimate of drug-likeness (QED) is 0.526. The molecular formula is C21H23N3O5. The lowest BCUT2D eigenvalue weighted by atomic mass is 9.88. The Kier molecular flexibility index (Phi) is 6.01. The predicted molar refractivity (Wildman–Crippen MR) is 106 cm³/mol. The molecule has 0 saturated heterocycles. The molecule has 1 unspecified atom stereocenters. The highest BCUT2D eigenvalue weighted by Crippen LogP contribution is 2.33. The maximum absolute atomic E-state index is 13.3. The van der Waals surface area contributed by atoms with E-state index in [-0.39, 0.29) is 29.0 Å². The molecule has 0 bridgehead atoms. The first-order valence-corrected chi connectivity index (χ1v) is 9.17. The number of carbonyl (C=O) groups excluding carboxylic acids is 1. The van der Waals surface area contributed by atoms with Gasteiger partial charge in [-0.25, -0.2) is 4.98 Å². The lowest BCUT2D eigenvalue weighted by Gasteiger charge is -2.20. The number of benzene rings is 1. The SMILES string of the molecule is COC(=O)CC(c1cccc(O)c1)c1c(O)cc(C)n(CCc2cnc[nH]2)c1=O. The van der Waals surface area contributed by atoms with Crippen LogP contribution in [0.3, 0.4) is 0 Å². The van der Waals surface area contributed by atoms with Gasteiger partial charge in [-0.2, -0.15) is 0 Å². The number of pyridine rings is 1. The zero-order valence-corrected chi connectivity index (χ0v) is 16.3. The van der Waals surface area contributed by atoms with Crippen molar-refractivity contribution in [1.29, 1.82) is 0 Å². The van der Waals surface area contributed by atoms with E-state index in [2.05, 4.69) is 9.97 Å². The van der Waals surface area contributed by atoms with Gasteiger partial charge in [0.05, 0.1) is 25.4 Å². The summed E-state index contributed by atoms with van der Waals surface area (Å²) >= 11 is 0. The summed E-state index contributed by atoms with van der Waals surface area (Å²) in [6.45, 7) is 2.12. The summed E-state index contributed by atoms with van der Waals surface area (Å²) in [6, 6.07) is 7.80. The fourth-order valence-corrected chi connectivity index (χ4v) is 3.41. The Labute approximate surface area is 167 Å². The zero-order valence-electron chi connectivity index (χ0n) is 16.3. The van der Waals surface area contributed by atoms with E-state index in [4.69, 9.17) is 4.74 Å². The molecule has 2 aromatic heterocycles. The van der Waals surface area contributed by atoms with Gasteiger partial charge in [-0.05, 0) is 30.7 Å². The Morgan fingerprint density at radius 3 is 2.76 bits per heavy atom. The maximum atomic E-state index is 13.3. The molecule has 3 rings (SSSR count). The molecule has 8 heteroatoms. The predicted octanol–water partition coefficient (Wildman–Crippen LogP) is 2.23. The van der Waals surface area contributed by atoms with E-state index in [0.717, 1.165) is 5.69 Å². The van der Waals surface area contributed by atoms with Gasteiger partial charge in [0.15, 0.2) is 0 Å². The van der Waals surface area contributed by atoms with Crippen LogP contribution in [0.25, 0.3) is 0 Å². The fourth-order valence-electron chi connectivity index (χ4n) is 3.41. The molecular weight excluding hydrogens is 374 g/mol. The summed E-state index contributed by atoms with van der Waals surface area (Å²) in [4.78, 5) is 32.3. The number of ether oxygens (including phenoxy) is 1. The second-order valence-electron chi connectivity index (χ2n) is 6.80. The number of nitrogens with zero attached hydrogens (tertiary/aromatic N) is 2. The molecule has 0 spiro atoms. The molecule has 0 amide bonds. The lowest BCUT2D eigenvalue weighted by molar-refractivity contribution is -0.140. The van der Waals surface area contributed by atoms with Crippen LogP contribution in [0.2, 0.25) is 0 Å². The number of rotatable bonds is 7. The summed E-state index contributed by atoms with van der Waals surface area (Å²) in [5.74, 6) is -1.48. The van der Waals surface area contributed by atoms with Crippen LogP contribution in [-0.4, -0.2) is 37.8 Å². The van der Waals surface area contributed by atoms with E-state index in [1.807, 2.05) is 0 Å². The van der Waals surface area contributed by atoms with Gasteiger partial charge in [0.25, 0.3) is 5.56 Å². The molecule has 2 heterocycles. The number of phenols is 1. The maximum Gasteiger partial charge on any atom is 0.306 e. The van der Waals surface area contributed by atoms with Gasteiger partial charge < -0.3 is 24.5 Å². The summed E-state index contributed by atoms with van der Waals surface area (Å²) in [5, 5.41) is 20.4. The largest absolute Gasteiger partial charge is 0.508 e. The first kappa shape index (κ1) is 20.2. The highest BCUT2D eigenvalue weighted by Gasteiger charge is 2.26. The third-order valence-corrected chi connectivity index (χ3v) is 4.90. The molecule has 152 valence electrons. The monoisotopic (exact) mass is 397 g/mol. The fraction of sp³-hybridized carbons (Fsp3) is 0.286. The lowest BCUT2D eigenvalue weighted by Crippen LogP contribution is -2.29. The summed E-state index contributed by atoms with van der Waals surface area (Å²) in [5.41, 5.74) is 1.72. The number of hydrogen-bond donors (Lipinski definition) is 3. The number of esters is 1. The highest BCUT2D eigenvalue weighted by atomic mass is 16.5. The van der Waals surface area contributed by atoms with Gasteiger partial charge in [0.1, 0.15) is 11.5 Å². The Hall–Kier alpha value is -3.55. The van der Waals surface area contributed by atoms with E-state index in [9.17, 15) is 19.8 Å². The molecule has 3 N–H and O–H groups in total. The number of aromatic hydroxyl groups is 2. The van der Waals surface area contributed by atoms with Crippen LogP contribution < -0.4 is 5.56 Å².